The van der Waals surface area contributed by atoms with E-state index in [9.17, 15) is 18.3 Å². The number of hydrogen-bond donors (Lipinski definition) is 2. The van der Waals surface area contributed by atoms with Gasteiger partial charge < -0.3 is 10.4 Å². The molecule has 3 rings (SSSR count). The van der Waals surface area contributed by atoms with Crippen LogP contribution in [0.25, 0.3) is 0 Å². The molecule has 3 nitrogen and oxygen atoms in total. The van der Waals surface area contributed by atoms with Crippen LogP contribution in [0.3, 0.4) is 0 Å². The van der Waals surface area contributed by atoms with Gasteiger partial charge in [-0.15, -0.1) is 0 Å². The third-order valence-corrected chi connectivity index (χ3v) is 4.16. The number of pyridine rings is 1. The second kappa shape index (κ2) is 5.85. The summed E-state index contributed by atoms with van der Waals surface area (Å²) in [5.74, 6) is 0.108. The van der Waals surface area contributed by atoms with E-state index < -0.39 is 17.5 Å². The van der Waals surface area contributed by atoms with Crippen LogP contribution in [0, 0.1) is 0 Å². The lowest BCUT2D eigenvalue weighted by atomic mass is 9.79. The molecule has 0 saturated carbocycles. The minimum Gasteiger partial charge on any atom is -0.383 e. The van der Waals surface area contributed by atoms with Crippen molar-refractivity contribution in [3.05, 3.63) is 59.3 Å². The number of aromatic nitrogens is 1. The maximum Gasteiger partial charge on any atom is 0.433 e. The van der Waals surface area contributed by atoms with Gasteiger partial charge in [-0.3, -0.25) is 0 Å². The van der Waals surface area contributed by atoms with Crippen LogP contribution in [0.15, 0.2) is 42.5 Å². The topological polar surface area (TPSA) is 45.1 Å². The highest BCUT2D eigenvalue weighted by molar-refractivity contribution is 5.40. The predicted molar refractivity (Wildman–Crippen MR) is 81.0 cm³/mol. The summed E-state index contributed by atoms with van der Waals surface area (Å²) in [7, 11) is 0. The highest BCUT2D eigenvalue weighted by Gasteiger charge is 2.35. The van der Waals surface area contributed by atoms with Crippen LogP contribution in [-0.4, -0.2) is 16.6 Å². The zero-order valence-corrected chi connectivity index (χ0v) is 12.4. The largest absolute Gasteiger partial charge is 0.433 e. The first-order valence-electron chi connectivity index (χ1n) is 7.47. The number of nitrogens with zero attached hydrogens (tertiary/aromatic N) is 1. The van der Waals surface area contributed by atoms with Crippen LogP contribution >= 0.6 is 0 Å². The zero-order valence-electron chi connectivity index (χ0n) is 12.4. The number of hydrogen-bond acceptors (Lipinski definition) is 3. The predicted octanol–water partition coefficient (Wildman–Crippen LogP) is 3.74. The van der Waals surface area contributed by atoms with Crippen LogP contribution in [0.2, 0.25) is 0 Å². The average molecular weight is 322 g/mol. The van der Waals surface area contributed by atoms with Gasteiger partial charge in [-0.05, 0) is 42.5 Å². The molecule has 122 valence electrons. The van der Waals surface area contributed by atoms with Crippen LogP contribution in [-0.2, 0) is 18.2 Å². The second-order valence-electron chi connectivity index (χ2n) is 5.80. The van der Waals surface area contributed by atoms with Crippen molar-refractivity contribution in [2.45, 2.75) is 31.0 Å². The van der Waals surface area contributed by atoms with Gasteiger partial charge in [0.1, 0.15) is 17.1 Å². The van der Waals surface area contributed by atoms with E-state index in [4.69, 9.17) is 0 Å². The summed E-state index contributed by atoms with van der Waals surface area (Å²) < 4.78 is 38.1. The van der Waals surface area contributed by atoms with Crippen LogP contribution in [0.1, 0.15) is 29.7 Å². The van der Waals surface area contributed by atoms with Crippen LogP contribution in [0.5, 0.6) is 0 Å². The molecule has 0 aliphatic heterocycles. The Labute approximate surface area is 132 Å². The van der Waals surface area contributed by atoms with Crippen molar-refractivity contribution in [2.75, 3.05) is 11.9 Å². The van der Waals surface area contributed by atoms with Crippen LogP contribution in [0.4, 0.5) is 19.0 Å². The quantitative estimate of drug-likeness (QED) is 0.905. The first-order valence-corrected chi connectivity index (χ1v) is 7.47. The van der Waals surface area contributed by atoms with Gasteiger partial charge in [-0.25, -0.2) is 4.98 Å². The molecule has 0 saturated heterocycles. The molecular formula is C17H17F3N2O. The number of halogens is 3. The molecule has 1 aliphatic carbocycles. The Hall–Kier alpha value is -2.08. The molecule has 1 aromatic carbocycles. The van der Waals surface area contributed by atoms with E-state index in [-0.39, 0.29) is 12.4 Å². The van der Waals surface area contributed by atoms with Gasteiger partial charge in [0.15, 0.2) is 0 Å². The van der Waals surface area contributed by atoms with Gasteiger partial charge in [0, 0.05) is 6.54 Å². The van der Waals surface area contributed by atoms with Crippen LogP contribution < -0.4 is 5.32 Å². The summed E-state index contributed by atoms with van der Waals surface area (Å²) in [6.45, 7) is 0.123. The Morgan fingerprint density at radius 2 is 1.91 bits per heavy atom. The molecule has 0 radical (unpaired) electrons. The minimum atomic E-state index is -4.48. The lowest BCUT2D eigenvalue weighted by Gasteiger charge is -2.34. The molecule has 1 atom stereocenters. The van der Waals surface area contributed by atoms with Crippen molar-refractivity contribution < 1.29 is 18.3 Å². The van der Waals surface area contributed by atoms with Gasteiger partial charge in [-0.2, -0.15) is 13.2 Å². The van der Waals surface area contributed by atoms with Gasteiger partial charge in [-0.1, -0.05) is 30.3 Å². The minimum absolute atomic E-state index is 0.108. The van der Waals surface area contributed by atoms with Gasteiger partial charge in [0.25, 0.3) is 0 Å². The summed E-state index contributed by atoms with van der Waals surface area (Å²) in [4.78, 5) is 3.57. The maximum atomic E-state index is 12.7. The zero-order chi connectivity index (χ0) is 16.5. The maximum absolute atomic E-state index is 12.7. The number of benzene rings is 1. The molecule has 0 amide bonds. The van der Waals surface area contributed by atoms with Crippen molar-refractivity contribution in [3.63, 3.8) is 0 Å². The number of fused-ring (bicyclic) bond motifs is 1. The molecule has 0 bridgehead atoms. The third-order valence-electron chi connectivity index (χ3n) is 4.16. The number of alkyl halides is 3. The van der Waals surface area contributed by atoms with E-state index in [0.29, 0.717) is 6.42 Å². The van der Waals surface area contributed by atoms with Crippen molar-refractivity contribution in [2.24, 2.45) is 0 Å². The van der Waals surface area contributed by atoms with Crippen molar-refractivity contribution >= 4 is 5.82 Å². The smallest absolute Gasteiger partial charge is 0.383 e. The fraction of sp³-hybridized carbons (Fsp3) is 0.353. The van der Waals surface area contributed by atoms with E-state index in [2.05, 4.69) is 10.3 Å². The number of nitrogens with one attached hydrogen (secondary N) is 1. The normalized spacial score (nSPS) is 20.9. The molecule has 1 aliphatic rings. The van der Waals surface area contributed by atoms with E-state index in [1.54, 1.807) is 0 Å². The van der Waals surface area contributed by atoms with E-state index in [1.807, 2.05) is 24.3 Å². The number of aliphatic hydroxyl groups is 1. The summed E-state index contributed by atoms with van der Waals surface area (Å²) in [5, 5.41) is 13.7. The lowest BCUT2D eigenvalue weighted by Crippen LogP contribution is -2.37. The monoisotopic (exact) mass is 322 g/mol. The first kappa shape index (κ1) is 15.8. The summed E-state index contributed by atoms with van der Waals surface area (Å²) in [6.07, 6.45) is -2.17. The van der Waals surface area contributed by atoms with E-state index in [1.165, 1.54) is 12.1 Å². The highest BCUT2D eigenvalue weighted by atomic mass is 19.4. The fourth-order valence-electron chi connectivity index (χ4n) is 3.01. The molecule has 2 aromatic rings. The summed E-state index contributed by atoms with van der Waals surface area (Å²) in [5.41, 5.74) is -0.116. The number of anilines is 1. The van der Waals surface area contributed by atoms with E-state index >= 15 is 0 Å². The third kappa shape index (κ3) is 3.32. The summed E-state index contributed by atoms with van der Waals surface area (Å²) >= 11 is 0. The molecule has 1 unspecified atom stereocenters. The van der Waals surface area contributed by atoms with Gasteiger partial charge in [0.05, 0.1) is 0 Å². The molecule has 23 heavy (non-hydrogen) atoms. The molecule has 1 aromatic heterocycles. The average Bonchev–Trinajstić information content (AvgIpc) is 2.53. The molecule has 2 N–H and O–H groups in total. The van der Waals surface area contributed by atoms with Crippen molar-refractivity contribution in [3.8, 4) is 0 Å². The number of aryl methyl sites for hydroxylation is 1. The molecule has 1 heterocycles. The second-order valence-corrected chi connectivity index (χ2v) is 5.80. The molecule has 0 fully saturated rings. The first-order chi connectivity index (χ1) is 10.9. The number of rotatable bonds is 3. The highest BCUT2D eigenvalue weighted by Crippen LogP contribution is 2.35. The fourth-order valence-corrected chi connectivity index (χ4v) is 3.01. The van der Waals surface area contributed by atoms with Gasteiger partial charge >= 0.3 is 6.18 Å². The molecule has 0 spiro atoms. The standard InChI is InChI=1S/C17H17F3N2O/c18-17(19,20)14-8-3-9-15(22-14)21-11-16(23)10-4-6-12-5-1-2-7-13(12)16/h1-3,5,7-9,23H,4,6,10-11H2,(H,21,22). The molecular weight excluding hydrogens is 305 g/mol. The summed E-state index contributed by atoms with van der Waals surface area (Å²) in [6, 6.07) is 11.3. The van der Waals surface area contributed by atoms with Crippen molar-refractivity contribution in [1.82, 2.24) is 4.98 Å². The van der Waals surface area contributed by atoms with Crippen molar-refractivity contribution in [1.29, 1.82) is 0 Å². The SMILES string of the molecule is OC1(CNc2cccc(C(F)(F)F)n2)CCCc2ccccc21. The Morgan fingerprint density at radius 1 is 1.13 bits per heavy atom. The van der Waals surface area contributed by atoms with Gasteiger partial charge in [0.2, 0.25) is 0 Å². The Balaban J connectivity index is 1.79. The molecule has 6 heteroatoms. The Kier molecular flexibility index (Phi) is 4.02. The van der Waals surface area contributed by atoms with E-state index in [0.717, 1.165) is 30.0 Å². The Bertz CT molecular complexity index is 702. The lowest BCUT2D eigenvalue weighted by molar-refractivity contribution is -0.141. The Morgan fingerprint density at radius 3 is 2.70 bits per heavy atom.